The van der Waals surface area contributed by atoms with E-state index in [0.29, 0.717) is 17.2 Å². The maximum atomic E-state index is 14.1. The van der Waals surface area contributed by atoms with Gasteiger partial charge in [0.05, 0.1) is 17.0 Å². The molecule has 3 aromatic carbocycles. The van der Waals surface area contributed by atoms with Gasteiger partial charge in [0.15, 0.2) is 0 Å². The average Bonchev–Trinajstić information content (AvgIpc) is 2.84. The van der Waals surface area contributed by atoms with Crippen molar-refractivity contribution in [2.24, 2.45) is 5.73 Å². The zero-order valence-corrected chi connectivity index (χ0v) is 18.4. The summed E-state index contributed by atoms with van der Waals surface area (Å²) >= 11 is 0. The number of nitrogens with two attached hydrogens (primary N) is 1. The number of hydrogen-bond donors (Lipinski definition) is 1. The molecule has 33 heavy (non-hydrogen) atoms. The minimum Gasteiger partial charge on any atom is -0.439 e. The number of para-hydroxylation sites is 2. The fourth-order valence-electron chi connectivity index (χ4n) is 4.51. The van der Waals surface area contributed by atoms with Gasteiger partial charge in [-0.3, -0.25) is 9.36 Å². The Morgan fingerprint density at radius 1 is 0.970 bits per heavy atom. The first-order chi connectivity index (χ1) is 16.0. The molecular formula is C28H23N3O2. The number of fused-ring (bicyclic) bond motifs is 3. The summed E-state index contributed by atoms with van der Waals surface area (Å²) in [6.07, 6.45) is 0. The van der Waals surface area contributed by atoms with Crippen LogP contribution < -0.4 is 16.0 Å². The second kappa shape index (κ2) is 7.99. The average molecular weight is 434 g/mol. The summed E-state index contributed by atoms with van der Waals surface area (Å²) in [5.74, 6) is 0.200. The Hall–Kier alpha value is -4.30. The molecule has 0 saturated heterocycles. The van der Waals surface area contributed by atoms with Crippen molar-refractivity contribution in [3.05, 3.63) is 117 Å². The van der Waals surface area contributed by atoms with E-state index in [1.165, 1.54) is 5.56 Å². The van der Waals surface area contributed by atoms with Crippen LogP contribution in [0.3, 0.4) is 0 Å². The standard InChI is InChI=1S/C28H23N3O2/c1-17(2)18-12-14-19(15-13-18)24-22(16-29)27(30)33-26-21-10-6-7-11-23(21)31(28(32)25(24)26)20-8-4-3-5-9-20/h3-15,17,24H,30H2,1-2H3. The largest absolute Gasteiger partial charge is 0.439 e. The van der Waals surface area contributed by atoms with Crippen LogP contribution in [0.4, 0.5) is 0 Å². The minimum absolute atomic E-state index is 0.0324. The first-order valence-corrected chi connectivity index (χ1v) is 10.9. The highest BCUT2D eigenvalue weighted by Gasteiger charge is 2.35. The first-order valence-electron chi connectivity index (χ1n) is 10.9. The molecule has 1 aromatic heterocycles. The molecule has 2 heterocycles. The van der Waals surface area contributed by atoms with Gasteiger partial charge in [0.1, 0.15) is 17.4 Å². The zero-order chi connectivity index (χ0) is 23.1. The third kappa shape index (κ3) is 3.28. The minimum atomic E-state index is -0.618. The molecule has 1 atom stereocenters. The van der Waals surface area contributed by atoms with Gasteiger partial charge in [-0.15, -0.1) is 0 Å². The van der Waals surface area contributed by atoms with Crippen LogP contribution in [-0.4, -0.2) is 4.57 Å². The van der Waals surface area contributed by atoms with Gasteiger partial charge >= 0.3 is 0 Å². The highest BCUT2D eigenvalue weighted by atomic mass is 16.5. The number of benzene rings is 3. The molecule has 4 aromatic rings. The molecule has 5 rings (SSSR count). The van der Waals surface area contributed by atoms with E-state index in [0.717, 1.165) is 22.2 Å². The fourth-order valence-corrected chi connectivity index (χ4v) is 4.51. The maximum Gasteiger partial charge on any atom is 0.263 e. The van der Waals surface area contributed by atoms with Crippen LogP contribution in [0.25, 0.3) is 16.6 Å². The highest BCUT2D eigenvalue weighted by molar-refractivity contribution is 5.89. The zero-order valence-electron chi connectivity index (χ0n) is 18.4. The van der Waals surface area contributed by atoms with Gasteiger partial charge < -0.3 is 10.5 Å². The van der Waals surface area contributed by atoms with E-state index in [9.17, 15) is 10.1 Å². The number of ether oxygens (including phenoxy) is 1. The molecule has 5 heteroatoms. The number of aromatic nitrogens is 1. The summed E-state index contributed by atoms with van der Waals surface area (Å²) < 4.78 is 7.64. The molecule has 2 N–H and O–H groups in total. The van der Waals surface area contributed by atoms with Crippen molar-refractivity contribution in [2.45, 2.75) is 25.7 Å². The first kappa shape index (κ1) is 20.6. The second-order valence-electron chi connectivity index (χ2n) is 8.48. The Bertz CT molecular complexity index is 1490. The molecule has 0 amide bonds. The SMILES string of the molecule is CC(C)c1ccc(C2C(C#N)=C(N)Oc3c2c(=O)n(-c2ccccc2)c2ccccc32)cc1. The summed E-state index contributed by atoms with van der Waals surface area (Å²) in [5.41, 5.74) is 10.1. The lowest BCUT2D eigenvalue weighted by molar-refractivity contribution is 0.396. The Morgan fingerprint density at radius 3 is 2.30 bits per heavy atom. The summed E-state index contributed by atoms with van der Waals surface area (Å²) in [5, 5.41) is 10.7. The van der Waals surface area contributed by atoms with Crippen LogP contribution in [0.2, 0.25) is 0 Å². The molecule has 0 aliphatic carbocycles. The number of nitriles is 1. The summed E-state index contributed by atoms with van der Waals surface area (Å²) in [6, 6.07) is 27.3. The summed E-state index contributed by atoms with van der Waals surface area (Å²) in [6.45, 7) is 4.25. The van der Waals surface area contributed by atoms with E-state index in [4.69, 9.17) is 10.5 Å². The molecule has 0 saturated carbocycles. The fraction of sp³-hybridized carbons (Fsp3) is 0.143. The van der Waals surface area contributed by atoms with Crippen molar-refractivity contribution < 1.29 is 4.74 Å². The van der Waals surface area contributed by atoms with Gasteiger partial charge in [0, 0.05) is 11.1 Å². The second-order valence-corrected chi connectivity index (χ2v) is 8.48. The molecule has 0 spiro atoms. The smallest absolute Gasteiger partial charge is 0.263 e. The predicted octanol–water partition coefficient (Wildman–Crippen LogP) is 5.33. The normalized spacial score (nSPS) is 15.3. The van der Waals surface area contributed by atoms with Crippen LogP contribution in [-0.2, 0) is 0 Å². The van der Waals surface area contributed by atoms with Crippen LogP contribution in [0.5, 0.6) is 5.75 Å². The summed E-state index contributed by atoms with van der Waals surface area (Å²) in [4.78, 5) is 14.1. The van der Waals surface area contributed by atoms with E-state index in [1.807, 2.05) is 78.9 Å². The van der Waals surface area contributed by atoms with Crippen molar-refractivity contribution in [2.75, 3.05) is 0 Å². The van der Waals surface area contributed by atoms with Crippen LogP contribution in [0.15, 0.2) is 95.1 Å². The van der Waals surface area contributed by atoms with Gasteiger partial charge in [-0.25, -0.2) is 0 Å². The molecule has 0 fully saturated rings. The highest BCUT2D eigenvalue weighted by Crippen LogP contribution is 2.44. The van der Waals surface area contributed by atoms with Crippen molar-refractivity contribution in [1.82, 2.24) is 4.57 Å². The summed E-state index contributed by atoms with van der Waals surface area (Å²) in [7, 11) is 0. The van der Waals surface area contributed by atoms with Crippen molar-refractivity contribution in [1.29, 1.82) is 5.26 Å². The third-order valence-corrected chi connectivity index (χ3v) is 6.19. The topological polar surface area (TPSA) is 81.0 Å². The Kier molecular flexibility index (Phi) is 4.99. The van der Waals surface area contributed by atoms with Gasteiger partial charge in [0.25, 0.3) is 5.56 Å². The predicted molar refractivity (Wildman–Crippen MR) is 129 cm³/mol. The molecular weight excluding hydrogens is 410 g/mol. The quantitative estimate of drug-likeness (QED) is 0.473. The van der Waals surface area contributed by atoms with Crippen molar-refractivity contribution in [3.63, 3.8) is 0 Å². The Morgan fingerprint density at radius 2 is 1.64 bits per heavy atom. The van der Waals surface area contributed by atoms with E-state index in [-0.39, 0.29) is 17.0 Å². The molecule has 0 bridgehead atoms. The van der Waals surface area contributed by atoms with Gasteiger partial charge in [-0.1, -0.05) is 68.4 Å². The van der Waals surface area contributed by atoms with Crippen molar-refractivity contribution in [3.8, 4) is 17.5 Å². The molecule has 0 radical (unpaired) electrons. The molecule has 162 valence electrons. The number of allylic oxidation sites excluding steroid dienone is 1. The third-order valence-electron chi connectivity index (χ3n) is 6.19. The number of rotatable bonds is 3. The lowest BCUT2D eigenvalue weighted by Gasteiger charge is -2.28. The molecule has 5 nitrogen and oxygen atoms in total. The van der Waals surface area contributed by atoms with E-state index in [1.54, 1.807) is 4.57 Å². The van der Waals surface area contributed by atoms with Gasteiger partial charge in [0.2, 0.25) is 5.88 Å². The van der Waals surface area contributed by atoms with Gasteiger partial charge in [-0.05, 0) is 41.3 Å². The monoisotopic (exact) mass is 433 g/mol. The number of nitrogens with zero attached hydrogens (tertiary/aromatic N) is 2. The maximum absolute atomic E-state index is 14.1. The van der Waals surface area contributed by atoms with E-state index < -0.39 is 5.92 Å². The van der Waals surface area contributed by atoms with Crippen LogP contribution >= 0.6 is 0 Å². The Labute approximate surface area is 192 Å². The molecule has 1 aliphatic heterocycles. The lowest BCUT2D eigenvalue weighted by atomic mass is 9.82. The van der Waals surface area contributed by atoms with E-state index >= 15 is 0 Å². The lowest BCUT2D eigenvalue weighted by Crippen LogP contribution is -2.31. The van der Waals surface area contributed by atoms with E-state index in [2.05, 4.69) is 19.9 Å². The number of hydrogen-bond acceptors (Lipinski definition) is 4. The van der Waals surface area contributed by atoms with Crippen molar-refractivity contribution >= 4 is 10.9 Å². The Balaban J connectivity index is 1.87. The molecule has 1 aliphatic rings. The van der Waals surface area contributed by atoms with Gasteiger partial charge in [-0.2, -0.15) is 5.26 Å². The number of pyridine rings is 1. The molecule has 1 unspecified atom stereocenters. The van der Waals surface area contributed by atoms with Crippen LogP contribution in [0.1, 0.15) is 42.4 Å². The van der Waals surface area contributed by atoms with Crippen LogP contribution in [0, 0.1) is 11.3 Å².